The van der Waals surface area contributed by atoms with E-state index in [-0.39, 0.29) is 12.1 Å². The zero-order valence-corrected chi connectivity index (χ0v) is 14.2. The van der Waals surface area contributed by atoms with Crippen LogP contribution in [0.25, 0.3) is 0 Å². The molecule has 1 aromatic heterocycles. The van der Waals surface area contributed by atoms with Crippen molar-refractivity contribution in [1.82, 2.24) is 20.4 Å². The van der Waals surface area contributed by atoms with Crippen LogP contribution >= 0.6 is 0 Å². The molecule has 132 valence electrons. The van der Waals surface area contributed by atoms with Crippen LogP contribution < -0.4 is 16.2 Å². The lowest BCUT2D eigenvalue weighted by Gasteiger charge is -2.31. The molecule has 2 aromatic rings. The predicted octanol–water partition coefficient (Wildman–Crippen LogP) is 1.37. The molecule has 8 heteroatoms. The van der Waals surface area contributed by atoms with Crippen LogP contribution in [0.4, 0.5) is 5.69 Å². The number of carbonyl (C=O) groups excluding carboxylic acids is 2. The van der Waals surface area contributed by atoms with Crippen LogP contribution in [0.3, 0.4) is 0 Å². The number of nitrogens with zero attached hydrogens (tertiary/aromatic N) is 2. The highest BCUT2D eigenvalue weighted by molar-refractivity contribution is 6.02. The maximum absolute atomic E-state index is 12.6. The summed E-state index contributed by atoms with van der Waals surface area (Å²) >= 11 is 0. The van der Waals surface area contributed by atoms with Crippen LogP contribution in [0, 0.1) is 6.92 Å². The standard InChI is InChI=1S/C17H21N5O3/c1-11-3-4-12(17(24)25-2)14(9-11)19-16(23)13-5-6-15(21-20-13)22-8-7-18-10-22/h3-4,7-10,13,15,20-21H,5-6H2,1-2H3,(H,19,23). The van der Waals surface area contributed by atoms with E-state index < -0.39 is 12.0 Å². The third-order valence-electron chi connectivity index (χ3n) is 4.19. The van der Waals surface area contributed by atoms with Crippen LogP contribution in [-0.2, 0) is 9.53 Å². The molecule has 3 N–H and O–H groups in total. The summed E-state index contributed by atoms with van der Waals surface area (Å²) in [5.74, 6) is -0.683. The third kappa shape index (κ3) is 3.86. The van der Waals surface area contributed by atoms with Gasteiger partial charge in [-0.05, 0) is 37.5 Å². The van der Waals surface area contributed by atoms with E-state index in [1.165, 1.54) is 7.11 Å². The molecule has 25 heavy (non-hydrogen) atoms. The van der Waals surface area contributed by atoms with Crippen molar-refractivity contribution in [3.63, 3.8) is 0 Å². The quantitative estimate of drug-likeness (QED) is 0.726. The minimum atomic E-state index is -0.481. The van der Waals surface area contributed by atoms with Crippen molar-refractivity contribution in [2.24, 2.45) is 0 Å². The highest BCUT2D eigenvalue weighted by Crippen LogP contribution is 2.21. The van der Waals surface area contributed by atoms with Crippen molar-refractivity contribution in [2.45, 2.75) is 32.0 Å². The maximum atomic E-state index is 12.6. The zero-order chi connectivity index (χ0) is 17.8. The number of aryl methyl sites for hydroxylation is 1. The summed E-state index contributed by atoms with van der Waals surface area (Å²) in [5, 5.41) is 2.82. The van der Waals surface area contributed by atoms with Gasteiger partial charge in [0.05, 0.1) is 30.9 Å². The Morgan fingerprint density at radius 2 is 2.16 bits per heavy atom. The molecule has 8 nitrogen and oxygen atoms in total. The van der Waals surface area contributed by atoms with Gasteiger partial charge in [-0.3, -0.25) is 4.79 Å². The normalized spacial score (nSPS) is 20.1. The van der Waals surface area contributed by atoms with Gasteiger partial charge in [0, 0.05) is 12.4 Å². The van der Waals surface area contributed by atoms with E-state index in [1.54, 1.807) is 30.7 Å². The number of aromatic nitrogens is 2. The molecular formula is C17H21N5O3. The van der Waals surface area contributed by atoms with Crippen LogP contribution in [0.2, 0.25) is 0 Å². The lowest BCUT2D eigenvalue weighted by atomic mass is 10.1. The number of hydrazine groups is 1. The molecular weight excluding hydrogens is 322 g/mol. The molecule has 2 atom stereocenters. The van der Waals surface area contributed by atoms with E-state index in [1.807, 2.05) is 17.7 Å². The van der Waals surface area contributed by atoms with Gasteiger partial charge in [-0.2, -0.15) is 0 Å². The number of methoxy groups -OCH3 is 1. The highest BCUT2D eigenvalue weighted by Gasteiger charge is 2.27. The first-order valence-corrected chi connectivity index (χ1v) is 8.07. The topological polar surface area (TPSA) is 97.3 Å². The van der Waals surface area contributed by atoms with Crippen LogP contribution in [0.5, 0.6) is 0 Å². The van der Waals surface area contributed by atoms with Crippen LogP contribution in [0.15, 0.2) is 36.9 Å². The number of rotatable bonds is 4. The average molecular weight is 343 g/mol. The second-order valence-corrected chi connectivity index (χ2v) is 5.97. The molecule has 1 saturated heterocycles. The Hall–Kier alpha value is -2.71. The van der Waals surface area contributed by atoms with Crippen molar-refractivity contribution in [3.8, 4) is 0 Å². The lowest BCUT2D eigenvalue weighted by Crippen LogP contribution is -2.54. The fourth-order valence-electron chi connectivity index (χ4n) is 2.81. The number of anilines is 1. The highest BCUT2D eigenvalue weighted by atomic mass is 16.5. The third-order valence-corrected chi connectivity index (χ3v) is 4.19. The van der Waals surface area contributed by atoms with Gasteiger partial charge in [0.2, 0.25) is 5.91 Å². The fourth-order valence-corrected chi connectivity index (χ4v) is 2.81. The molecule has 3 rings (SSSR count). The van der Waals surface area contributed by atoms with E-state index in [0.717, 1.165) is 12.0 Å². The number of amides is 1. The Labute approximate surface area is 145 Å². The zero-order valence-electron chi connectivity index (χ0n) is 14.2. The molecule has 0 bridgehead atoms. The molecule has 1 aliphatic heterocycles. The van der Waals surface area contributed by atoms with Gasteiger partial charge in [0.15, 0.2) is 0 Å². The smallest absolute Gasteiger partial charge is 0.339 e. The molecule has 1 fully saturated rings. The Morgan fingerprint density at radius 1 is 1.32 bits per heavy atom. The van der Waals surface area contributed by atoms with Crippen molar-refractivity contribution in [1.29, 1.82) is 0 Å². The molecule has 1 aliphatic rings. The van der Waals surface area contributed by atoms with Gasteiger partial charge in [0.1, 0.15) is 6.04 Å². The second-order valence-electron chi connectivity index (χ2n) is 5.97. The molecule has 0 radical (unpaired) electrons. The Kier molecular flexibility index (Phi) is 5.11. The van der Waals surface area contributed by atoms with Gasteiger partial charge in [0.25, 0.3) is 0 Å². The van der Waals surface area contributed by atoms with Crippen molar-refractivity contribution in [3.05, 3.63) is 48.0 Å². The first-order chi connectivity index (χ1) is 12.1. The average Bonchev–Trinajstić information content (AvgIpc) is 3.16. The van der Waals surface area contributed by atoms with Crippen LogP contribution in [-0.4, -0.2) is 34.6 Å². The van der Waals surface area contributed by atoms with E-state index in [9.17, 15) is 9.59 Å². The molecule has 2 heterocycles. The molecule has 2 unspecified atom stereocenters. The number of hydrogen-bond acceptors (Lipinski definition) is 6. The molecule has 1 amide bonds. The number of benzene rings is 1. The molecule has 0 spiro atoms. The second kappa shape index (κ2) is 7.45. The van der Waals surface area contributed by atoms with E-state index >= 15 is 0 Å². The summed E-state index contributed by atoms with van der Waals surface area (Å²) in [5.41, 5.74) is 7.88. The summed E-state index contributed by atoms with van der Waals surface area (Å²) < 4.78 is 6.71. The Bertz CT molecular complexity index is 752. The van der Waals surface area contributed by atoms with Crippen LogP contribution in [0.1, 0.15) is 34.9 Å². The van der Waals surface area contributed by atoms with E-state index in [2.05, 4.69) is 21.2 Å². The van der Waals surface area contributed by atoms with Crippen molar-refractivity contribution in [2.75, 3.05) is 12.4 Å². The number of nitrogens with one attached hydrogen (secondary N) is 3. The van der Waals surface area contributed by atoms with Gasteiger partial charge in [-0.25, -0.2) is 20.6 Å². The lowest BCUT2D eigenvalue weighted by molar-refractivity contribution is -0.119. The summed E-state index contributed by atoms with van der Waals surface area (Å²) in [4.78, 5) is 28.4. The largest absolute Gasteiger partial charge is 0.465 e. The van der Waals surface area contributed by atoms with E-state index in [0.29, 0.717) is 17.7 Å². The number of hydrogen-bond donors (Lipinski definition) is 3. The van der Waals surface area contributed by atoms with E-state index in [4.69, 9.17) is 4.74 Å². The summed E-state index contributed by atoms with van der Waals surface area (Å²) in [6, 6.07) is 4.82. The monoisotopic (exact) mass is 343 g/mol. The summed E-state index contributed by atoms with van der Waals surface area (Å²) in [7, 11) is 1.32. The van der Waals surface area contributed by atoms with Gasteiger partial charge >= 0.3 is 5.97 Å². The first-order valence-electron chi connectivity index (χ1n) is 8.07. The van der Waals surface area contributed by atoms with Gasteiger partial charge in [-0.15, -0.1) is 0 Å². The minimum absolute atomic E-state index is 0.0520. The van der Waals surface area contributed by atoms with Crippen molar-refractivity contribution < 1.29 is 14.3 Å². The number of carbonyl (C=O) groups is 2. The summed E-state index contributed by atoms with van der Waals surface area (Å²) in [6.07, 6.45) is 6.80. The Balaban J connectivity index is 1.65. The molecule has 1 aromatic carbocycles. The SMILES string of the molecule is COC(=O)c1ccc(C)cc1NC(=O)C1CCC(n2ccnc2)NN1. The maximum Gasteiger partial charge on any atom is 0.339 e. The number of ether oxygens (including phenoxy) is 1. The fraction of sp³-hybridized carbons (Fsp3) is 0.353. The Morgan fingerprint density at radius 3 is 2.80 bits per heavy atom. The van der Waals surface area contributed by atoms with Gasteiger partial charge < -0.3 is 14.6 Å². The minimum Gasteiger partial charge on any atom is -0.465 e. The molecule has 0 aliphatic carbocycles. The number of esters is 1. The first kappa shape index (κ1) is 17.1. The van der Waals surface area contributed by atoms with Crippen molar-refractivity contribution >= 4 is 17.6 Å². The summed E-state index contributed by atoms with van der Waals surface area (Å²) in [6.45, 7) is 1.90. The number of imidazole rings is 1. The van der Waals surface area contributed by atoms with Gasteiger partial charge in [-0.1, -0.05) is 6.07 Å². The molecule has 0 saturated carbocycles. The predicted molar refractivity (Wildman–Crippen MR) is 91.7 cm³/mol.